The van der Waals surface area contributed by atoms with Crippen molar-refractivity contribution < 1.29 is 9.13 Å². The molecule has 5 rings (SSSR count). The summed E-state index contributed by atoms with van der Waals surface area (Å²) in [5.74, 6) is 0.397. The van der Waals surface area contributed by atoms with E-state index in [2.05, 4.69) is 21.7 Å². The van der Waals surface area contributed by atoms with Crippen molar-refractivity contribution in [1.29, 1.82) is 0 Å². The minimum Gasteiger partial charge on any atom is -0.496 e. The number of pyridine rings is 1. The molecule has 1 fully saturated rings. The first-order chi connectivity index (χ1) is 14.8. The maximum atomic E-state index is 14.1. The summed E-state index contributed by atoms with van der Waals surface area (Å²) in [5, 5.41) is 1.05. The Morgan fingerprint density at radius 3 is 2.70 bits per heavy atom. The third kappa shape index (κ3) is 3.32. The number of hydrogen-bond donors (Lipinski definition) is 0. The van der Waals surface area contributed by atoms with E-state index < -0.39 is 0 Å². The van der Waals surface area contributed by atoms with Gasteiger partial charge in [0.15, 0.2) is 0 Å². The Hall–Kier alpha value is -2.95. The van der Waals surface area contributed by atoms with Crippen LogP contribution in [-0.2, 0) is 0 Å². The second kappa shape index (κ2) is 8.05. The highest BCUT2D eigenvalue weighted by Gasteiger charge is 2.24. The zero-order chi connectivity index (χ0) is 20.5. The standard InChI is InChI=1S/C25H26FN3O/c1-30-24-8-7-18(26)15-21(24)20-11-14-28-25-22(20)16-23(17-9-12-27-13-10-17)29(25)19-5-3-2-4-6-19/h7-9,11,13-16,19H,2-6,10,12H2,1H3. The van der Waals surface area contributed by atoms with E-state index in [4.69, 9.17) is 9.72 Å². The fourth-order valence-electron chi connectivity index (χ4n) is 4.89. The molecule has 1 saturated carbocycles. The van der Waals surface area contributed by atoms with Crippen molar-refractivity contribution in [1.82, 2.24) is 9.55 Å². The van der Waals surface area contributed by atoms with Crippen molar-refractivity contribution in [3.05, 3.63) is 54.1 Å². The Balaban J connectivity index is 1.75. The lowest BCUT2D eigenvalue weighted by Gasteiger charge is -2.27. The molecule has 0 unspecified atom stereocenters. The summed E-state index contributed by atoms with van der Waals surface area (Å²) in [5.41, 5.74) is 5.21. The lowest BCUT2D eigenvalue weighted by molar-refractivity contribution is 0.358. The average Bonchev–Trinajstić information content (AvgIpc) is 3.20. The second-order valence-corrected chi connectivity index (χ2v) is 8.11. The van der Waals surface area contributed by atoms with Gasteiger partial charge in [0.1, 0.15) is 17.2 Å². The molecule has 154 valence electrons. The lowest BCUT2D eigenvalue weighted by Crippen LogP contribution is -2.16. The van der Waals surface area contributed by atoms with Gasteiger partial charge in [-0.2, -0.15) is 0 Å². The molecule has 0 saturated heterocycles. The van der Waals surface area contributed by atoms with Gasteiger partial charge >= 0.3 is 0 Å². The number of rotatable bonds is 4. The molecule has 4 nitrogen and oxygen atoms in total. The van der Waals surface area contributed by atoms with Crippen molar-refractivity contribution in [3.63, 3.8) is 0 Å². The van der Waals surface area contributed by atoms with Gasteiger partial charge in [-0.1, -0.05) is 25.3 Å². The summed E-state index contributed by atoms with van der Waals surface area (Å²) in [7, 11) is 1.62. The number of halogens is 1. The lowest BCUT2D eigenvalue weighted by atomic mass is 9.94. The summed E-state index contributed by atoms with van der Waals surface area (Å²) in [6.07, 6.45) is 13.0. The van der Waals surface area contributed by atoms with E-state index >= 15 is 0 Å². The number of aliphatic imine (C=N–C) groups is 1. The molecule has 0 radical (unpaired) electrons. The molecule has 2 aliphatic rings. The van der Waals surface area contributed by atoms with Crippen LogP contribution in [0, 0.1) is 5.82 Å². The third-order valence-corrected chi connectivity index (χ3v) is 6.34. The van der Waals surface area contributed by atoms with Crippen LogP contribution in [0.15, 0.2) is 47.6 Å². The van der Waals surface area contributed by atoms with Crippen LogP contribution >= 0.6 is 0 Å². The number of hydrogen-bond acceptors (Lipinski definition) is 3. The Morgan fingerprint density at radius 2 is 1.93 bits per heavy atom. The highest BCUT2D eigenvalue weighted by molar-refractivity contribution is 5.98. The molecule has 0 atom stereocenters. The van der Waals surface area contributed by atoms with Crippen LogP contribution in [0.2, 0.25) is 0 Å². The Morgan fingerprint density at radius 1 is 1.07 bits per heavy atom. The van der Waals surface area contributed by atoms with Crippen molar-refractivity contribution in [2.75, 3.05) is 13.7 Å². The molecule has 0 amide bonds. The fraction of sp³-hybridized carbons (Fsp3) is 0.360. The largest absolute Gasteiger partial charge is 0.496 e. The number of ether oxygens (including phenoxy) is 1. The van der Waals surface area contributed by atoms with Gasteiger partial charge < -0.3 is 9.30 Å². The molecule has 2 aromatic heterocycles. The van der Waals surface area contributed by atoms with E-state index in [9.17, 15) is 4.39 Å². The van der Waals surface area contributed by atoms with Gasteiger partial charge in [0.05, 0.1) is 13.7 Å². The van der Waals surface area contributed by atoms with Crippen LogP contribution in [0.5, 0.6) is 5.75 Å². The zero-order valence-corrected chi connectivity index (χ0v) is 17.3. The fourth-order valence-corrected chi connectivity index (χ4v) is 4.89. The Labute approximate surface area is 176 Å². The second-order valence-electron chi connectivity index (χ2n) is 8.11. The Bertz CT molecular complexity index is 1140. The number of allylic oxidation sites excluding steroid dienone is 1. The molecule has 3 aromatic rings. The van der Waals surface area contributed by atoms with Crippen LogP contribution in [0.1, 0.15) is 50.3 Å². The quantitative estimate of drug-likeness (QED) is 0.519. The van der Waals surface area contributed by atoms with Gasteiger partial charge in [0, 0.05) is 41.5 Å². The summed E-state index contributed by atoms with van der Waals surface area (Å²) in [4.78, 5) is 9.17. The molecule has 3 heterocycles. The smallest absolute Gasteiger partial charge is 0.141 e. The third-order valence-electron chi connectivity index (χ3n) is 6.34. The summed E-state index contributed by atoms with van der Waals surface area (Å²) in [6, 6.07) is 9.33. The van der Waals surface area contributed by atoms with E-state index in [0.29, 0.717) is 11.8 Å². The molecule has 1 aliphatic heterocycles. The number of fused-ring (bicyclic) bond motifs is 1. The molecule has 0 N–H and O–H groups in total. The van der Waals surface area contributed by atoms with Crippen molar-refractivity contribution >= 4 is 22.8 Å². The monoisotopic (exact) mass is 403 g/mol. The maximum Gasteiger partial charge on any atom is 0.141 e. The SMILES string of the molecule is COc1ccc(F)cc1-c1ccnc2c1cc(C1=CCN=CC1)n2C1CCCCC1. The predicted molar refractivity (Wildman–Crippen MR) is 120 cm³/mol. The Kier molecular flexibility index (Phi) is 5.11. The van der Waals surface area contributed by atoms with Gasteiger partial charge in [-0.15, -0.1) is 0 Å². The normalized spacial score (nSPS) is 17.3. The minimum absolute atomic E-state index is 0.270. The maximum absolute atomic E-state index is 14.1. The number of benzene rings is 1. The van der Waals surface area contributed by atoms with Gasteiger partial charge in [-0.25, -0.2) is 9.37 Å². The van der Waals surface area contributed by atoms with Crippen LogP contribution < -0.4 is 4.74 Å². The van der Waals surface area contributed by atoms with Gasteiger partial charge in [-0.05, 0) is 54.3 Å². The van der Waals surface area contributed by atoms with E-state index in [-0.39, 0.29) is 5.82 Å². The van der Waals surface area contributed by atoms with Gasteiger partial charge in [0.25, 0.3) is 0 Å². The summed E-state index contributed by atoms with van der Waals surface area (Å²) < 4.78 is 22.1. The molecule has 1 aromatic carbocycles. The first kappa shape index (κ1) is 19.0. The molecule has 0 bridgehead atoms. The number of nitrogens with zero attached hydrogens (tertiary/aromatic N) is 3. The van der Waals surface area contributed by atoms with Crippen LogP contribution in [-0.4, -0.2) is 29.4 Å². The highest BCUT2D eigenvalue weighted by Crippen LogP contribution is 2.41. The van der Waals surface area contributed by atoms with E-state index in [1.807, 2.05) is 18.5 Å². The van der Waals surface area contributed by atoms with Crippen LogP contribution in [0.3, 0.4) is 0 Å². The predicted octanol–water partition coefficient (Wildman–Crippen LogP) is 6.21. The minimum atomic E-state index is -0.270. The average molecular weight is 404 g/mol. The van der Waals surface area contributed by atoms with E-state index in [1.165, 1.54) is 49.4 Å². The van der Waals surface area contributed by atoms with Crippen molar-refractivity contribution in [2.45, 2.75) is 44.6 Å². The molecular formula is C25H26FN3O. The molecular weight excluding hydrogens is 377 g/mol. The van der Waals surface area contributed by atoms with E-state index in [0.717, 1.165) is 35.1 Å². The number of dihydropyridines is 1. The molecule has 5 heteroatoms. The van der Waals surface area contributed by atoms with E-state index in [1.54, 1.807) is 19.2 Å². The van der Waals surface area contributed by atoms with Gasteiger partial charge in [0.2, 0.25) is 0 Å². The summed E-state index contributed by atoms with van der Waals surface area (Å²) >= 11 is 0. The summed E-state index contributed by atoms with van der Waals surface area (Å²) in [6.45, 7) is 0.722. The number of aromatic nitrogens is 2. The molecule has 0 spiro atoms. The van der Waals surface area contributed by atoms with Crippen molar-refractivity contribution in [3.8, 4) is 16.9 Å². The first-order valence-electron chi connectivity index (χ1n) is 10.8. The van der Waals surface area contributed by atoms with Gasteiger partial charge in [-0.3, -0.25) is 4.99 Å². The highest BCUT2D eigenvalue weighted by atomic mass is 19.1. The number of methoxy groups -OCH3 is 1. The zero-order valence-electron chi connectivity index (χ0n) is 17.3. The molecule has 1 aliphatic carbocycles. The van der Waals surface area contributed by atoms with Crippen LogP contribution in [0.4, 0.5) is 4.39 Å². The van der Waals surface area contributed by atoms with Crippen molar-refractivity contribution in [2.24, 2.45) is 4.99 Å². The van der Waals surface area contributed by atoms with Crippen LogP contribution in [0.25, 0.3) is 27.7 Å². The molecule has 30 heavy (non-hydrogen) atoms. The topological polar surface area (TPSA) is 39.4 Å². The first-order valence-corrected chi connectivity index (χ1v) is 10.8.